The summed E-state index contributed by atoms with van der Waals surface area (Å²) in [5.74, 6) is 0.0589. The van der Waals surface area contributed by atoms with E-state index in [9.17, 15) is 9.90 Å². The number of aromatic hydroxyl groups is 1. The van der Waals surface area contributed by atoms with Crippen LogP contribution in [0.4, 0.5) is 0 Å². The Balaban J connectivity index is 1.70. The number of methoxy groups -OCH3 is 1. The van der Waals surface area contributed by atoms with Gasteiger partial charge in [-0.25, -0.2) is 0 Å². The number of hydrogen-bond donors (Lipinski definition) is 1. The molecule has 0 aromatic heterocycles. The standard InChI is InChI=1S/C15H19NO4/c1-19-13-8-15(20-9-13)5-6-16(10-15)14(18)11-3-2-4-12(17)7-11/h2-4,7,13,17H,5-6,8-10H2,1H3. The molecule has 2 saturated heterocycles. The van der Waals surface area contributed by atoms with E-state index in [-0.39, 0.29) is 23.4 Å². The van der Waals surface area contributed by atoms with Gasteiger partial charge in [0, 0.05) is 25.6 Å². The Kier molecular flexibility index (Phi) is 3.40. The van der Waals surface area contributed by atoms with E-state index in [1.165, 1.54) is 6.07 Å². The van der Waals surface area contributed by atoms with Crippen molar-refractivity contribution in [2.24, 2.45) is 0 Å². The number of carbonyl (C=O) groups excluding carboxylic acids is 1. The largest absolute Gasteiger partial charge is 0.508 e. The highest BCUT2D eigenvalue weighted by atomic mass is 16.6. The van der Waals surface area contributed by atoms with Gasteiger partial charge in [-0.1, -0.05) is 6.07 Å². The molecule has 20 heavy (non-hydrogen) atoms. The summed E-state index contributed by atoms with van der Waals surface area (Å²) in [7, 11) is 1.69. The van der Waals surface area contributed by atoms with Crippen molar-refractivity contribution in [2.45, 2.75) is 24.5 Å². The van der Waals surface area contributed by atoms with E-state index in [0.29, 0.717) is 25.3 Å². The lowest BCUT2D eigenvalue weighted by atomic mass is 9.98. The lowest BCUT2D eigenvalue weighted by Crippen LogP contribution is -2.36. The molecule has 1 aromatic carbocycles. The fourth-order valence-electron chi connectivity index (χ4n) is 3.08. The minimum Gasteiger partial charge on any atom is -0.508 e. The Morgan fingerprint density at radius 1 is 1.55 bits per heavy atom. The van der Waals surface area contributed by atoms with Crippen LogP contribution in [-0.4, -0.2) is 54.4 Å². The molecule has 108 valence electrons. The number of ether oxygens (including phenoxy) is 2. The van der Waals surface area contributed by atoms with Crippen LogP contribution in [-0.2, 0) is 9.47 Å². The van der Waals surface area contributed by atoms with Crippen LogP contribution in [0.2, 0.25) is 0 Å². The zero-order valence-corrected chi connectivity index (χ0v) is 11.5. The second kappa shape index (κ2) is 5.07. The van der Waals surface area contributed by atoms with Crippen LogP contribution >= 0.6 is 0 Å². The van der Waals surface area contributed by atoms with E-state index in [1.807, 2.05) is 0 Å². The number of nitrogens with zero attached hydrogens (tertiary/aromatic N) is 1. The first kappa shape index (κ1) is 13.4. The average molecular weight is 277 g/mol. The number of phenols is 1. The third kappa shape index (κ3) is 2.39. The average Bonchev–Trinajstić information content (AvgIpc) is 3.06. The Bertz CT molecular complexity index is 518. The van der Waals surface area contributed by atoms with Crippen molar-refractivity contribution >= 4 is 5.91 Å². The van der Waals surface area contributed by atoms with E-state index >= 15 is 0 Å². The molecule has 1 aromatic rings. The molecule has 1 amide bonds. The van der Waals surface area contributed by atoms with Crippen LogP contribution in [0.1, 0.15) is 23.2 Å². The lowest BCUT2D eigenvalue weighted by Gasteiger charge is -2.23. The summed E-state index contributed by atoms with van der Waals surface area (Å²) in [5.41, 5.74) is 0.274. The molecule has 2 atom stereocenters. The topological polar surface area (TPSA) is 59.0 Å². The predicted molar refractivity (Wildman–Crippen MR) is 72.7 cm³/mol. The molecule has 5 heteroatoms. The second-order valence-corrected chi connectivity index (χ2v) is 5.58. The van der Waals surface area contributed by atoms with E-state index < -0.39 is 0 Å². The first-order valence-corrected chi connectivity index (χ1v) is 6.87. The first-order chi connectivity index (χ1) is 9.62. The minimum atomic E-state index is -0.243. The maximum atomic E-state index is 12.4. The molecule has 0 radical (unpaired) electrons. The van der Waals surface area contributed by atoms with Gasteiger partial charge < -0.3 is 19.5 Å². The van der Waals surface area contributed by atoms with Crippen LogP contribution in [0, 0.1) is 0 Å². The summed E-state index contributed by atoms with van der Waals surface area (Å²) in [6.45, 7) is 1.89. The second-order valence-electron chi connectivity index (χ2n) is 5.58. The highest BCUT2D eigenvalue weighted by Gasteiger charge is 2.46. The van der Waals surface area contributed by atoms with Crippen LogP contribution in [0.25, 0.3) is 0 Å². The number of rotatable bonds is 2. The van der Waals surface area contributed by atoms with Gasteiger partial charge in [0.1, 0.15) is 5.75 Å². The zero-order valence-electron chi connectivity index (χ0n) is 11.5. The van der Waals surface area contributed by atoms with Crippen molar-refractivity contribution in [1.29, 1.82) is 0 Å². The summed E-state index contributed by atoms with van der Waals surface area (Å²) in [5, 5.41) is 9.46. The van der Waals surface area contributed by atoms with Gasteiger partial charge in [-0.15, -0.1) is 0 Å². The lowest BCUT2D eigenvalue weighted by molar-refractivity contribution is 0.00702. The number of likely N-dealkylation sites (tertiary alicyclic amines) is 1. The van der Waals surface area contributed by atoms with E-state index in [4.69, 9.17) is 9.47 Å². The van der Waals surface area contributed by atoms with E-state index in [1.54, 1.807) is 30.2 Å². The molecule has 0 bridgehead atoms. The van der Waals surface area contributed by atoms with Crippen molar-refractivity contribution in [3.8, 4) is 5.75 Å². The number of hydrogen-bond acceptors (Lipinski definition) is 4. The van der Waals surface area contributed by atoms with Gasteiger partial charge >= 0.3 is 0 Å². The predicted octanol–water partition coefficient (Wildman–Crippen LogP) is 1.41. The Morgan fingerprint density at radius 3 is 3.10 bits per heavy atom. The molecule has 1 spiro atoms. The van der Waals surface area contributed by atoms with Crippen LogP contribution in [0.3, 0.4) is 0 Å². The summed E-state index contributed by atoms with van der Waals surface area (Å²) in [6, 6.07) is 6.47. The van der Waals surface area contributed by atoms with Gasteiger partial charge in [0.2, 0.25) is 0 Å². The summed E-state index contributed by atoms with van der Waals surface area (Å²) in [4.78, 5) is 14.2. The molecular formula is C15H19NO4. The number of benzene rings is 1. The van der Waals surface area contributed by atoms with E-state index in [0.717, 1.165) is 12.8 Å². The molecule has 3 rings (SSSR count). The molecule has 1 N–H and O–H groups in total. The normalized spacial score (nSPS) is 29.2. The third-order valence-electron chi connectivity index (χ3n) is 4.21. The monoisotopic (exact) mass is 277 g/mol. The van der Waals surface area contributed by atoms with Crippen LogP contribution < -0.4 is 0 Å². The number of carbonyl (C=O) groups is 1. The van der Waals surface area contributed by atoms with E-state index in [2.05, 4.69) is 0 Å². The smallest absolute Gasteiger partial charge is 0.254 e. The molecule has 5 nitrogen and oxygen atoms in total. The molecule has 2 heterocycles. The molecule has 2 aliphatic rings. The van der Waals surface area contributed by atoms with Crippen molar-refractivity contribution in [3.05, 3.63) is 29.8 Å². The number of phenolic OH excluding ortho intramolecular Hbond substituents is 1. The summed E-state index contributed by atoms with van der Waals surface area (Å²) >= 11 is 0. The summed E-state index contributed by atoms with van der Waals surface area (Å²) < 4.78 is 11.2. The van der Waals surface area contributed by atoms with Crippen molar-refractivity contribution in [3.63, 3.8) is 0 Å². The highest BCUT2D eigenvalue weighted by Crippen LogP contribution is 2.36. The van der Waals surface area contributed by atoms with Crippen LogP contribution in [0.15, 0.2) is 24.3 Å². The Hall–Kier alpha value is -1.59. The molecule has 0 aliphatic carbocycles. The van der Waals surface area contributed by atoms with Gasteiger partial charge in [0.25, 0.3) is 5.91 Å². The first-order valence-electron chi connectivity index (χ1n) is 6.87. The van der Waals surface area contributed by atoms with Gasteiger partial charge in [-0.3, -0.25) is 4.79 Å². The van der Waals surface area contributed by atoms with Crippen LogP contribution in [0.5, 0.6) is 5.75 Å². The molecular weight excluding hydrogens is 258 g/mol. The van der Waals surface area contributed by atoms with Crippen molar-refractivity contribution in [1.82, 2.24) is 4.90 Å². The molecule has 2 fully saturated rings. The SMILES string of the molecule is COC1COC2(CCN(C(=O)c3cccc(O)c3)C2)C1. The van der Waals surface area contributed by atoms with Gasteiger partial charge in [0.15, 0.2) is 0 Å². The highest BCUT2D eigenvalue weighted by molar-refractivity contribution is 5.94. The summed E-state index contributed by atoms with van der Waals surface area (Å²) in [6.07, 6.45) is 1.82. The molecule has 2 unspecified atom stereocenters. The number of amides is 1. The van der Waals surface area contributed by atoms with Crippen molar-refractivity contribution in [2.75, 3.05) is 26.8 Å². The fourth-order valence-corrected chi connectivity index (χ4v) is 3.08. The maximum Gasteiger partial charge on any atom is 0.254 e. The van der Waals surface area contributed by atoms with Gasteiger partial charge in [0.05, 0.1) is 24.9 Å². The molecule has 0 saturated carbocycles. The van der Waals surface area contributed by atoms with Gasteiger partial charge in [-0.2, -0.15) is 0 Å². The third-order valence-corrected chi connectivity index (χ3v) is 4.21. The zero-order chi connectivity index (χ0) is 14.2. The molecule has 2 aliphatic heterocycles. The fraction of sp³-hybridized carbons (Fsp3) is 0.533. The minimum absolute atomic E-state index is 0.0535. The quantitative estimate of drug-likeness (QED) is 0.888. The Labute approximate surface area is 118 Å². The maximum absolute atomic E-state index is 12.4. The van der Waals surface area contributed by atoms with Crippen molar-refractivity contribution < 1.29 is 19.4 Å². The van der Waals surface area contributed by atoms with Gasteiger partial charge in [-0.05, 0) is 24.6 Å². The Morgan fingerprint density at radius 2 is 2.40 bits per heavy atom.